The molecule has 0 aromatic carbocycles. The summed E-state index contributed by atoms with van der Waals surface area (Å²) in [6.45, 7) is 2.10. The molecule has 0 aliphatic carbocycles. The van der Waals surface area contributed by atoms with E-state index >= 15 is 0 Å². The van der Waals surface area contributed by atoms with Crippen molar-refractivity contribution in [2.24, 2.45) is 5.73 Å². The van der Waals surface area contributed by atoms with E-state index in [0.29, 0.717) is 4.99 Å². The topological polar surface area (TPSA) is 54.2 Å². The SMILES string of the molecule is NC(=S)c1cccnc1NN1CCCCC1. The van der Waals surface area contributed by atoms with Crippen molar-refractivity contribution in [3.8, 4) is 0 Å². The van der Waals surface area contributed by atoms with Gasteiger partial charge >= 0.3 is 0 Å². The maximum atomic E-state index is 5.65. The summed E-state index contributed by atoms with van der Waals surface area (Å²) in [6, 6.07) is 3.73. The first kappa shape index (κ1) is 11.3. The van der Waals surface area contributed by atoms with Crippen molar-refractivity contribution in [3.63, 3.8) is 0 Å². The molecular formula is C11H16N4S. The average Bonchev–Trinajstić information content (AvgIpc) is 2.31. The first-order valence-corrected chi connectivity index (χ1v) is 5.94. The van der Waals surface area contributed by atoms with Gasteiger partial charge in [0.15, 0.2) is 5.82 Å². The lowest BCUT2D eigenvalue weighted by Gasteiger charge is -2.28. The van der Waals surface area contributed by atoms with Crippen molar-refractivity contribution >= 4 is 23.0 Å². The van der Waals surface area contributed by atoms with Crippen LogP contribution in [-0.2, 0) is 0 Å². The molecule has 0 spiro atoms. The maximum Gasteiger partial charge on any atom is 0.150 e. The van der Waals surface area contributed by atoms with E-state index in [1.165, 1.54) is 19.3 Å². The number of anilines is 1. The third-order valence-corrected chi connectivity index (χ3v) is 2.91. The van der Waals surface area contributed by atoms with Gasteiger partial charge in [-0.3, -0.25) is 0 Å². The van der Waals surface area contributed by atoms with Gasteiger partial charge in [-0.2, -0.15) is 0 Å². The summed E-state index contributed by atoms with van der Waals surface area (Å²) in [4.78, 5) is 4.66. The zero-order valence-electron chi connectivity index (χ0n) is 9.15. The Kier molecular flexibility index (Phi) is 3.69. The lowest BCUT2D eigenvalue weighted by Crippen LogP contribution is -2.36. The van der Waals surface area contributed by atoms with E-state index in [-0.39, 0.29) is 0 Å². The summed E-state index contributed by atoms with van der Waals surface area (Å²) in [5, 5.41) is 2.17. The number of aromatic nitrogens is 1. The molecule has 0 atom stereocenters. The van der Waals surface area contributed by atoms with Crippen LogP contribution in [0.5, 0.6) is 0 Å². The lowest BCUT2D eigenvalue weighted by molar-refractivity contribution is 0.272. The highest BCUT2D eigenvalue weighted by Gasteiger charge is 2.12. The van der Waals surface area contributed by atoms with Crippen LogP contribution in [0.4, 0.5) is 5.82 Å². The molecule has 1 aromatic heterocycles. The number of nitrogens with zero attached hydrogens (tertiary/aromatic N) is 2. The first-order chi connectivity index (χ1) is 7.77. The van der Waals surface area contributed by atoms with Crippen LogP contribution in [0.15, 0.2) is 18.3 Å². The molecular weight excluding hydrogens is 220 g/mol. The number of thiocarbonyl (C=S) groups is 1. The van der Waals surface area contributed by atoms with Gasteiger partial charge in [0.05, 0.1) is 5.56 Å². The second-order valence-electron chi connectivity index (χ2n) is 3.92. The molecule has 2 heterocycles. The fraction of sp³-hybridized carbons (Fsp3) is 0.455. The molecule has 0 saturated carbocycles. The summed E-state index contributed by atoms with van der Waals surface area (Å²) < 4.78 is 0. The molecule has 16 heavy (non-hydrogen) atoms. The van der Waals surface area contributed by atoms with Gasteiger partial charge in [0.1, 0.15) is 4.99 Å². The summed E-state index contributed by atoms with van der Waals surface area (Å²) in [5.74, 6) is 0.761. The van der Waals surface area contributed by atoms with Crippen LogP contribution in [0, 0.1) is 0 Å². The average molecular weight is 236 g/mol. The minimum atomic E-state index is 0.382. The molecule has 86 valence electrons. The fourth-order valence-corrected chi connectivity index (χ4v) is 2.01. The van der Waals surface area contributed by atoms with E-state index in [9.17, 15) is 0 Å². The zero-order valence-corrected chi connectivity index (χ0v) is 9.96. The van der Waals surface area contributed by atoms with Crippen molar-refractivity contribution < 1.29 is 0 Å². The zero-order chi connectivity index (χ0) is 11.4. The molecule has 1 aromatic rings. The Morgan fingerprint density at radius 3 is 2.81 bits per heavy atom. The molecule has 1 fully saturated rings. The predicted octanol–water partition coefficient (Wildman–Crippen LogP) is 1.53. The highest BCUT2D eigenvalue weighted by atomic mass is 32.1. The van der Waals surface area contributed by atoms with Crippen LogP contribution in [0.2, 0.25) is 0 Å². The molecule has 4 nitrogen and oxygen atoms in total. The van der Waals surface area contributed by atoms with Crippen LogP contribution in [0.1, 0.15) is 24.8 Å². The maximum absolute atomic E-state index is 5.65. The first-order valence-electron chi connectivity index (χ1n) is 5.54. The highest BCUT2D eigenvalue weighted by Crippen LogP contribution is 2.15. The van der Waals surface area contributed by atoms with Gasteiger partial charge in [0.25, 0.3) is 0 Å². The number of hydrogen-bond donors (Lipinski definition) is 2. The van der Waals surface area contributed by atoms with Gasteiger partial charge in [-0.1, -0.05) is 18.6 Å². The number of pyridine rings is 1. The van der Waals surface area contributed by atoms with Crippen molar-refractivity contribution in [1.29, 1.82) is 0 Å². The van der Waals surface area contributed by atoms with E-state index < -0.39 is 0 Å². The smallest absolute Gasteiger partial charge is 0.150 e. The van der Waals surface area contributed by atoms with E-state index in [1.807, 2.05) is 12.1 Å². The van der Waals surface area contributed by atoms with E-state index in [1.54, 1.807) is 6.20 Å². The number of rotatable bonds is 3. The van der Waals surface area contributed by atoms with Gasteiger partial charge in [0, 0.05) is 19.3 Å². The summed E-state index contributed by atoms with van der Waals surface area (Å²) in [5.41, 5.74) is 9.75. The summed E-state index contributed by atoms with van der Waals surface area (Å²) in [6.07, 6.45) is 5.50. The number of nitrogens with one attached hydrogen (secondary N) is 1. The van der Waals surface area contributed by atoms with E-state index in [0.717, 1.165) is 24.5 Å². The molecule has 5 heteroatoms. The number of hydrazine groups is 1. The Balaban J connectivity index is 2.10. The molecule has 0 amide bonds. The minimum Gasteiger partial charge on any atom is -0.389 e. The number of hydrogen-bond acceptors (Lipinski definition) is 4. The summed E-state index contributed by atoms with van der Waals surface area (Å²) >= 11 is 5.00. The quantitative estimate of drug-likeness (QED) is 0.779. The largest absolute Gasteiger partial charge is 0.389 e. The molecule has 1 aliphatic rings. The molecule has 0 unspecified atom stereocenters. The van der Waals surface area contributed by atoms with Gasteiger partial charge < -0.3 is 11.2 Å². The Bertz CT molecular complexity index is 374. The highest BCUT2D eigenvalue weighted by molar-refractivity contribution is 7.80. The second kappa shape index (κ2) is 5.23. The molecule has 0 bridgehead atoms. The van der Waals surface area contributed by atoms with E-state index in [2.05, 4.69) is 15.4 Å². The molecule has 1 saturated heterocycles. The standard InChI is InChI=1S/C11H16N4S/c12-10(16)9-5-4-6-13-11(9)14-15-7-2-1-3-8-15/h4-6H,1-3,7-8H2,(H2,12,16)(H,13,14). The Hall–Kier alpha value is -1.20. The van der Waals surface area contributed by atoms with Crippen molar-refractivity contribution in [2.75, 3.05) is 18.5 Å². The Morgan fingerprint density at radius 2 is 2.12 bits per heavy atom. The second-order valence-corrected chi connectivity index (χ2v) is 4.36. The molecule has 0 radical (unpaired) electrons. The van der Waals surface area contributed by atoms with Gasteiger partial charge in [-0.25, -0.2) is 9.99 Å². The van der Waals surface area contributed by atoms with Crippen LogP contribution in [-0.4, -0.2) is 28.1 Å². The van der Waals surface area contributed by atoms with E-state index in [4.69, 9.17) is 18.0 Å². The van der Waals surface area contributed by atoms with Crippen LogP contribution in [0.3, 0.4) is 0 Å². The van der Waals surface area contributed by atoms with Gasteiger partial charge in [0.2, 0.25) is 0 Å². The van der Waals surface area contributed by atoms with Gasteiger partial charge in [-0.05, 0) is 25.0 Å². The summed E-state index contributed by atoms with van der Waals surface area (Å²) in [7, 11) is 0. The Labute approximate surface area is 101 Å². The van der Waals surface area contributed by atoms with Crippen LogP contribution >= 0.6 is 12.2 Å². The minimum absolute atomic E-state index is 0.382. The van der Waals surface area contributed by atoms with Crippen LogP contribution < -0.4 is 11.2 Å². The van der Waals surface area contributed by atoms with Crippen LogP contribution in [0.25, 0.3) is 0 Å². The third kappa shape index (κ3) is 2.68. The third-order valence-electron chi connectivity index (χ3n) is 2.69. The van der Waals surface area contributed by atoms with Crippen molar-refractivity contribution in [1.82, 2.24) is 9.99 Å². The number of piperidine rings is 1. The normalized spacial score (nSPS) is 17.0. The molecule has 1 aliphatic heterocycles. The molecule has 3 N–H and O–H groups in total. The van der Waals surface area contributed by atoms with Gasteiger partial charge in [-0.15, -0.1) is 0 Å². The lowest BCUT2D eigenvalue weighted by atomic mass is 10.2. The number of nitrogens with two attached hydrogens (primary N) is 1. The van der Waals surface area contributed by atoms with Crippen molar-refractivity contribution in [2.45, 2.75) is 19.3 Å². The van der Waals surface area contributed by atoms with Crippen molar-refractivity contribution in [3.05, 3.63) is 23.9 Å². The predicted molar refractivity (Wildman–Crippen MR) is 69.2 cm³/mol. The molecule has 2 rings (SSSR count). The Morgan fingerprint density at radius 1 is 1.38 bits per heavy atom. The monoisotopic (exact) mass is 236 g/mol. The fourth-order valence-electron chi connectivity index (χ4n) is 1.85.